The highest BCUT2D eigenvalue weighted by atomic mass is 19.3. The molecule has 0 bridgehead atoms. The molecule has 0 fully saturated rings. The molecule has 1 N–H and O–H groups in total. The topological polar surface area (TPSA) is 73.3 Å². The van der Waals surface area contributed by atoms with Crippen LogP contribution in [0.25, 0.3) is 0 Å². The molecule has 0 saturated heterocycles. The number of aromatic nitrogens is 2. The van der Waals surface area contributed by atoms with Crippen LogP contribution in [0.2, 0.25) is 0 Å². The zero-order valence-electron chi connectivity index (χ0n) is 15.1. The van der Waals surface area contributed by atoms with Crippen molar-refractivity contribution >= 4 is 6.09 Å². The number of rotatable bonds is 4. The Morgan fingerprint density at radius 1 is 1.26 bits per heavy atom. The number of halogens is 2. The van der Waals surface area contributed by atoms with Crippen molar-refractivity contribution in [3.63, 3.8) is 0 Å². The summed E-state index contributed by atoms with van der Waals surface area (Å²) in [5, 5.41) is 2.61. The summed E-state index contributed by atoms with van der Waals surface area (Å²) in [6.07, 6.45) is 1.01. The van der Waals surface area contributed by atoms with Gasteiger partial charge < -0.3 is 14.8 Å². The zero-order chi connectivity index (χ0) is 19.9. The van der Waals surface area contributed by atoms with Crippen molar-refractivity contribution in [2.45, 2.75) is 39.5 Å². The van der Waals surface area contributed by atoms with Crippen LogP contribution >= 0.6 is 0 Å². The van der Waals surface area contributed by atoms with Crippen molar-refractivity contribution in [2.24, 2.45) is 0 Å². The Balaban J connectivity index is 2.02. The number of hydrogen-bond donors (Lipinski definition) is 1. The molecule has 0 aliphatic heterocycles. The maximum atomic E-state index is 12.2. The van der Waals surface area contributed by atoms with Crippen LogP contribution in [0.4, 0.5) is 13.6 Å². The maximum absolute atomic E-state index is 12.2. The van der Waals surface area contributed by atoms with Crippen molar-refractivity contribution in [2.75, 3.05) is 0 Å². The van der Waals surface area contributed by atoms with E-state index in [9.17, 15) is 13.6 Å². The van der Waals surface area contributed by atoms with Crippen molar-refractivity contribution in [3.05, 3.63) is 53.5 Å². The lowest BCUT2D eigenvalue weighted by atomic mass is 10.2. The zero-order valence-corrected chi connectivity index (χ0v) is 15.1. The predicted molar refractivity (Wildman–Crippen MR) is 94.2 cm³/mol. The molecule has 0 radical (unpaired) electrons. The molecule has 0 aliphatic carbocycles. The molecule has 0 aromatic carbocycles. The van der Waals surface area contributed by atoms with E-state index in [0.717, 1.165) is 0 Å². The minimum atomic E-state index is -2.94. The number of nitrogens with zero attached hydrogens (tertiary/aromatic N) is 2. The van der Waals surface area contributed by atoms with Gasteiger partial charge in [-0.25, -0.2) is 9.78 Å². The highest BCUT2D eigenvalue weighted by Gasteiger charge is 2.15. The highest BCUT2D eigenvalue weighted by Crippen LogP contribution is 2.11. The Bertz CT molecular complexity index is 855. The largest absolute Gasteiger partial charge is 0.444 e. The second kappa shape index (κ2) is 8.94. The first-order valence-electron chi connectivity index (χ1n) is 8.07. The minimum absolute atomic E-state index is 0.181. The van der Waals surface area contributed by atoms with Gasteiger partial charge in [0.2, 0.25) is 5.88 Å². The molecule has 142 valence electrons. The molecular weight excluding hydrogens is 356 g/mol. The second-order valence-electron chi connectivity index (χ2n) is 6.38. The number of hydrogen-bond acceptors (Lipinski definition) is 5. The van der Waals surface area contributed by atoms with Gasteiger partial charge in [0, 0.05) is 17.8 Å². The Hall–Kier alpha value is -3.21. The van der Waals surface area contributed by atoms with Crippen molar-refractivity contribution in [3.8, 4) is 17.7 Å². The lowest BCUT2D eigenvalue weighted by molar-refractivity contribution is -0.0528. The number of alkyl carbamates (subject to hydrolysis) is 1. The van der Waals surface area contributed by atoms with Gasteiger partial charge in [-0.05, 0) is 44.9 Å². The van der Waals surface area contributed by atoms with E-state index in [1.165, 1.54) is 12.1 Å². The summed E-state index contributed by atoms with van der Waals surface area (Å²) in [6.45, 7) is 2.56. The number of pyridine rings is 2. The summed E-state index contributed by atoms with van der Waals surface area (Å²) < 4.78 is 33.8. The minimum Gasteiger partial charge on any atom is -0.444 e. The van der Waals surface area contributed by atoms with Gasteiger partial charge in [-0.2, -0.15) is 8.78 Å². The Kier molecular flexibility index (Phi) is 6.66. The molecule has 2 heterocycles. The fourth-order valence-corrected chi connectivity index (χ4v) is 1.91. The van der Waals surface area contributed by atoms with Crippen LogP contribution in [0.1, 0.15) is 37.7 Å². The van der Waals surface area contributed by atoms with Crippen LogP contribution in [-0.4, -0.2) is 28.3 Å². The number of nitrogens with one attached hydrogen (secondary N) is 1. The van der Waals surface area contributed by atoms with E-state index in [4.69, 9.17) is 4.74 Å². The van der Waals surface area contributed by atoms with Gasteiger partial charge in [-0.15, -0.1) is 0 Å². The Labute approximate surface area is 155 Å². The molecule has 0 aliphatic rings. The normalized spacial score (nSPS) is 10.7. The summed E-state index contributed by atoms with van der Waals surface area (Å²) in [7, 11) is 0. The second-order valence-corrected chi connectivity index (χ2v) is 6.38. The predicted octanol–water partition coefficient (Wildman–Crippen LogP) is 3.50. The average molecular weight is 375 g/mol. The van der Waals surface area contributed by atoms with Gasteiger partial charge >= 0.3 is 12.7 Å². The third-order valence-corrected chi connectivity index (χ3v) is 2.90. The van der Waals surface area contributed by atoms with E-state index in [2.05, 4.69) is 31.9 Å². The highest BCUT2D eigenvalue weighted by molar-refractivity contribution is 5.67. The number of alkyl halides is 2. The average Bonchev–Trinajstić information content (AvgIpc) is 2.57. The van der Waals surface area contributed by atoms with Crippen molar-refractivity contribution in [1.82, 2.24) is 15.3 Å². The van der Waals surface area contributed by atoms with Crippen LogP contribution in [0, 0.1) is 11.8 Å². The van der Waals surface area contributed by atoms with Gasteiger partial charge in [0.05, 0.1) is 12.2 Å². The lowest BCUT2D eigenvalue weighted by Gasteiger charge is -2.19. The van der Waals surface area contributed by atoms with Gasteiger partial charge in [0.15, 0.2) is 0 Å². The molecule has 2 aromatic rings. The van der Waals surface area contributed by atoms with Crippen LogP contribution in [-0.2, 0) is 11.3 Å². The van der Waals surface area contributed by atoms with Gasteiger partial charge in [0.25, 0.3) is 0 Å². The van der Waals surface area contributed by atoms with E-state index < -0.39 is 18.3 Å². The molecule has 0 saturated carbocycles. The van der Waals surface area contributed by atoms with Crippen LogP contribution in [0.15, 0.2) is 36.5 Å². The summed E-state index contributed by atoms with van der Waals surface area (Å²) in [5.41, 5.74) is 0.933. The number of amides is 1. The van der Waals surface area contributed by atoms with Crippen molar-refractivity contribution < 1.29 is 23.0 Å². The first-order chi connectivity index (χ1) is 12.7. The third kappa shape index (κ3) is 7.69. The maximum Gasteiger partial charge on any atom is 0.407 e. The monoisotopic (exact) mass is 375 g/mol. The molecule has 1 amide bonds. The van der Waals surface area contributed by atoms with E-state index in [-0.39, 0.29) is 12.4 Å². The van der Waals surface area contributed by atoms with E-state index in [0.29, 0.717) is 17.0 Å². The molecule has 2 rings (SSSR count). The molecule has 2 aromatic heterocycles. The first-order valence-corrected chi connectivity index (χ1v) is 8.07. The molecule has 0 unspecified atom stereocenters. The molecule has 6 nitrogen and oxygen atoms in total. The molecule has 27 heavy (non-hydrogen) atoms. The third-order valence-electron chi connectivity index (χ3n) is 2.90. The van der Waals surface area contributed by atoms with Gasteiger partial charge in [0.1, 0.15) is 11.3 Å². The molecule has 0 atom stereocenters. The summed E-state index contributed by atoms with van der Waals surface area (Å²) in [6, 6.07) is 7.81. The Morgan fingerprint density at radius 2 is 2.04 bits per heavy atom. The van der Waals surface area contributed by atoms with E-state index >= 15 is 0 Å². The van der Waals surface area contributed by atoms with E-state index in [1.807, 2.05) is 0 Å². The first kappa shape index (κ1) is 20.1. The molecular formula is C19H19F2N3O3. The SMILES string of the molecule is CC(C)(C)OC(=O)NCc1cc(C#Cc2cccc(OC(F)F)n2)ccn1. The van der Waals surface area contributed by atoms with E-state index in [1.54, 1.807) is 45.2 Å². The smallest absolute Gasteiger partial charge is 0.407 e. The van der Waals surface area contributed by atoms with Gasteiger partial charge in [-0.3, -0.25) is 4.98 Å². The van der Waals surface area contributed by atoms with Crippen molar-refractivity contribution in [1.29, 1.82) is 0 Å². The molecule has 0 spiro atoms. The number of ether oxygens (including phenoxy) is 2. The molecule has 8 heteroatoms. The number of carbonyl (C=O) groups excluding carboxylic acids is 1. The van der Waals surface area contributed by atoms with Crippen LogP contribution in [0.5, 0.6) is 5.88 Å². The standard InChI is InChI=1S/C19H19F2N3O3/c1-19(2,3)27-18(25)23-12-15-11-13(9-10-22-15)7-8-14-5-4-6-16(24-14)26-17(20)21/h4-6,9-11,17H,12H2,1-3H3,(H,23,25). The van der Waals surface area contributed by atoms with Crippen LogP contribution in [0.3, 0.4) is 0 Å². The number of carbonyl (C=O) groups is 1. The van der Waals surface area contributed by atoms with Crippen LogP contribution < -0.4 is 10.1 Å². The Morgan fingerprint density at radius 3 is 2.74 bits per heavy atom. The fraction of sp³-hybridized carbons (Fsp3) is 0.316. The summed E-state index contributed by atoms with van der Waals surface area (Å²) in [4.78, 5) is 19.7. The lowest BCUT2D eigenvalue weighted by Crippen LogP contribution is -2.32. The quantitative estimate of drug-likeness (QED) is 0.828. The van der Waals surface area contributed by atoms with Gasteiger partial charge in [-0.1, -0.05) is 12.0 Å². The summed E-state index contributed by atoms with van der Waals surface area (Å²) in [5.74, 6) is 5.44. The summed E-state index contributed by atoms with van der Waals surface area (Å²) >= 11 is 0. The fourth-order valence-electron chi connectivity index (χ4n) is 1.91.